The van der Waals surface area contributed by atoms with Crippen LogP contribution in [-0.2, 0) is 4.74 Å². The third-order valence-corrected chi connectivity index (χ3v) is 6.18. The number of fused-ring (bicyclic) bond motifs is 3. The van der Waals surface area contributed by atoms with Gasteiger partial charge in [-0.1, -0.05) is 48.5 Å². The number of carbonyl (C=O) groups excluding carboxylic acids is 1. The van der Waals surface area contributed by atoms with Gasteiger partial charge in [0.15, 0.2) is 5.69 Å². The highest BCUT2D eigenvalue weighted by Crippen LogP contribution is 2.44. The average molecular weight is 418 g/mol. The van der Waals surface area contributed by atoms with Crippen molar-refractivity contribution in [2.24, 2.45) is 0 Å². The van der Waals surface area contributed by atoms with E-state index in [0.29, 0.717) is 18.8 Å². The number of carboxylic acids is 1. The van der Waals surface area contributed by atoms with Crippen molar-refractivity contribution in [1.82, 2.24) is 20.3 Å². The molecule has 5 rings (SSSR count). The lowest BCUT2D eigenvalue weighted by molar-refractivity contribution is 0.0687. The molecule has 0 spiro atoms. The van der Waals surface area contributed by atoms with Crippen LogP contribution in [0.2, 0.25) is 0 Å². The first kappa shape index (κ1) is 19.3. The van der Waals surface area contributed by atoms with Crippen molar-refractivity contribution in [3.8, 4) is 11.1 Å². The van der Waals surface area contributed by atoms with E-state index >= 15 is 0 Å². The van der Waals surface area contributed by atoms with E-state index in [2.05, 4.69) is 39.7 Å². The molecule has 2 aromatic carbocycles. The Kier molecular flexibility index (Phi) is 4.89. The molecule has 1 saturated heterocycles. The molecule has 31 heavy (non-hydrogen) atoms. The van der Waals surface area contributed by atoms with E-state index in [9.17, 15) is 14.7 Å². The number of aromatic nitrogens is 3. The van der Waals surface area contributed by atoms with Crippen LogP contribution >= 0.6 is 0 Å². The number of benzene rings is 2. The predicted octanol–water partition coefficient (Wildman–Crippen LogP) is 3.63. The molecule has 1 aromatic heterocycles. The molecule has 2 N–H and O–H groups in total. The van der Waals surface area contributed by atoms with Gasteiger partial charge >= 0.3 is 12.1 Å². The fraction of sp³-hybridized carbons (Fsp3) is 0.304. The first-order valence-corrected chi connectivity index (χ1v) is 10.4. The highest BCUT2D eigenvalue weighted by molar-refractivity contribution is 5.86. The summed E-state index contributed by atoms with van der Waals surface area (Å²) in [5, 5.41) is 19.4. The van der Waals surface area contributed by atoms with E-state index in [1.807, 2.05) is 24.3 Å². The summed E-state index contributed by atoms with van der Waals surface area (Å²) in [5.74, 6) is -1.30. The second kappa shape index (κ2) is 7.86. The van der Waals surface area contributed by atoms with E-state index in [1.165, 1.54) is 22.3 Å². The highest BCUT2D eigenvalue weighted by atomic mass is 16.6. The fourth-order valence-corrected chi connectivity index (χ4v) is 4.73. The lowest BCUT2D eigenvalue weighted by Gasteiger charge is -2.31. The largest absolute Gasteiger partial charge is 0.476 e. The third-order valence-electron chi connectivity index (χ3n) is 6.18. The zero-order valence-electron chi connectivity index (χ0n) is 16.8. The Morgan fingerprint density at radius 1 is 1.06 bits per heavy atom. The molecule has 2 heterocycles. The van der Waals surface area contributed by atoms with E-state index in [0.717, 1.165) is 12.8 Å². The van der Waals surface area contributed by atoms with Crippen LogP contribution in [0.5, 0.6) is 0 Å². The van der Waals surface area contributed by atoms with Gasteiger partial charge < -0.3 is 14.7 Å². The number of aromatic amines is 1. The minimum absolute atomic E-state index is 0.00564. The lowest BCUT2D eigenvalue weighted by Crippen LogP contribution is -2.40. The number of hydrogen-bond acceptors (Lipinski definition) is 5. The summed E-state index contributed by atoms with van der Waals surface area (Å²) in [5.41, 5.74) is 5.01. The number of carbonyl (C=O) groups is 2. The molecule has 2 aliphatic rings. The van der Waals surface area contributed by atoms with Gasteiger partial charge in [-0.2, -0.15) is 10.3 Å². The van der Waals surface area contributed by atoms with Crippen LogP contribution in [-0.4, -0.2) is 57.2 Å². The summed E-state index contributed by atoms with van der Waals surface area (Å²) in [7, 11) is 0. The van der Waals surface area contributed by atoms with Gasteiger partial charge in [0.05, 0.1) is 0 Å². The minimum Gasteiger partial charge on any atom is -0.476 e. The Hall–Kier alpha value is -3.68. The Bertz CT molecular complexity index is 1100. The quantitative estimate of drug-likeness (QED) is 0.670. The first-order chi connectivity index (χ1) is 15.1. The third kappa shape index (κ3) is 3.43. The molecule has 1 fully saturated rings. The van der Waals surface area contributed by atoms with E-state index in [-0.39, 0.29) is 30.2 Å². The smallest absolute Gasteiger partial charge is 0.409 e. The molecule has 0 bridgehead atoms. The van der Waals surface area contributed by atoms with Crippen molar-refractivity contribution in [2.45, 2.75) is 24.7 Å². The number of nitrogens with zero attached hydrogens (tertiary/aromatic N) is 3. The molecule has 1 aliphatic heterocycles. The second-order valence-electron chi connectivity index (χ2n) is 7.95. The highest BCUT2D eigenvalue weighted by Gasteiger charge is 2.33. The van der Waals surface area contributed by atoms with E-state index in [1.54, 1.807) is 4.90 Å². The van der Waals surface area contributed by atoms with Crippen molar-refractivity contribution in [3.05, 3.63) is 71.0 Å². The first-order valence-electron chi connectivity index (χ1n) is 10.4. The van der Waals surface area contributed by atoms with Gasteiger partial charge in [-0.05, 0) is 35.1 Å². The lowest BCUT2D eigenvalue weighted by atomic mass is 9.94. The summed E-state index contributed by atoms with van der Waals surface area (Å²) < 4.78 is 5.75. The molecule has 8 nitrogen and oxygen atoms in total. The Labute approximate surface area is 178 Å². The van der Waals surface area contributed by atoms with Gasteiger partial charge in [0.25, 0.3) is 0 Å². The zero-order chi connectivity index (χ0) is 21.4. The van der Waals surface area contributed by atoms with Crippen molar-refractivity contribution in [2.75, 3.05) is 19.7 Å². The molecular formula is C23H22N4O4. The molecule has 158 valence electrons. The van der Waals surface area contributed by atoms with Crippen LogP contribution in [0.25, 0.3) is 11.1 Å². The van der Waals surface area contributed by atoms with Gasteiger partial charge in [-0.25, -0.2) is 9.59 Å². The summed E-state index contributed by atoms with van der Waals surface area (Å²) in [4.78, 5) is 25.9. The molecule has 1 unspecified atom stereocenters. The summed E-state index contributed by atoms with van der Waals surface area (Å²) >= 11 is 0. The molecular weight excluding hydrogens is 396 g/mol. The molecule has 1 aliphatic carbocycles. The Balaban J connectivity index is 1.29. The maximum absolute atomic E-state index is 12.9. The Morgan fingerprint density at radius 3 is 2.42 bits per heavy atom. The number of rotatable bonds is 4. The number of H-pyrrole nitrogens is 1. The normalized spacial score (nSPS) is 17.8. The van der Waals surface area contributed by atoms with Crippen LogP contribution in [0, 0.1) is 0 Å². The topological polar surface area (TPSA) is 108 Å². The molecule has 3 aromatic rings. The van der Waals surface area contributed by atoms with Crippen LogP contribution in [0.15, 0.2) is 48.5 Å². The number of amides is 1. The summed E-state index contributed by atoms with van der Waals surface area (Å²) in [6, 6.07) is 16.4. The van der Waals surface area contributed by atoms with Crippen molar-refractivity contribution < 1.29 is 19.4 Å². The van der Waals surface area contributed by atoms with Crippen LogP contribution in [0.1, 0.15) is 52.0 Å². The standard InChI is InChI=1S/C23H22N4O4/c28-22(29)21-20(24-26-25-21)14-6-5-11-27(12-14)23(30)31-13-19-17-9-3-1-7-15(17)16-8-2-4-10-18(16)19/h1-4,7-10,14,19H,5-6,11-13H2,(H,28,29)(H,24,25,26). The van der Waals surface area contributed by atoms with E-state index in [4.69, 9.17) is 4.74 Å². The summed E-state index contributed by atoms with van der Waals surface area (Å²) in [6.45, 7) is 1.20. The van der Waals surface area contributed by atoms with Gasteiger partial charge in [-0.15, -0.1) is 5.10 Å². The molecule has 1 amide bonds. The minimum atomic E-state index is -1.12. The molecule has 1 atom stereocenters. The Morgan fingerprint density at radius 2 is 1.74 bits per heavy atom. The van der Waals surface area contributed by atoms with Crippen molar-refractivity contribution >= 4 is 12.1 Å². The van der Waals surface area contributed by atoms with Gasteiger partial charge in [-0.3, -0.25) is 0 Å². The number of hydrogen-bond donors (Lipinski definition) is 2. The maximum atomic E-state index is 12.9. The second-order valence-corrected chi connectivity index (χ2v) is 7.95. The molecule has 0 radical (unpaired) electrons. The predicted molar refractivity (Wildman–Crippen MR) is 112 cm³/mol. The number of ether oxygens (including phenoxy) is 1. The fourth-order valence-electron chi connectivity index (χ4n) is 4.73. The number of carboxylic acid groups (broad SMARTS) is 1. The monoisotopic (exact) mass is 418 g/mol. The van der Waals surface area contributed by atoms with Gasteiger partial charge in [0, 0.05) is 24.9 Å². The van der Waals surface area contributed by atoms with Crippen LogP contribution in [0.3, 0.4) is 0 Å². The zero-order valence-corrected chi connectivity index (χ0v) is 16.8. The molecule has 0 saturated carbocycles. The number of likely N-dealkylation sites (tertiary alicyclic amines) is 1. The average Bonchev–Trinajstić information content (AvgIpc) is 3.41. The van der Waals surface area contributed by atoms with E-state index < -0.39 is 5.97 Å². The van der Waals surface area contributed by atoms with Gasteiger partial charge in [0.1, 0.15) is 12.3 Å². The molecule has 8 heteroatoms. The number of aromatic carboxylic acids is 1. The van der Waals surface area contributed by atoms with Crippen LogP contribution in [0.4, 0.5) is 4.79 Å². The summed E-state index contributed by atoms with van der Waals surface area (Å²) in [6.07, 6.45) is 1.12. The SMILES string of the molecule is O=C(O)c1n[nH]nc1C1CCCN(C(=O)OCC2c3ccccc3-c3ccccc32)C1. The maximum Gasteiger partial charge on any atom is 0.409 e. The van der Waals surface area contributed by atoms with Crippen molar-refractivity contribution in [3.63, 3.8) is 0 Å². The number of nitrogens with one attached hydrogen (secondary N) is 1. The number of piperidine rings is 1. The van der Waals surface area contributed by atoms with Crippen molar-refractivity contribution in [1.29, 1.82) is 0 Å². The van der Waals surface area contributed by atoms with Crippen LogP contribution < -0.4 is 0 Å². The van der Waals surface area contributed by atoms with Gasteiger partial charge in [0.2, 0.25) is 0 Å².